The number of rotatable bonds is 9. The van der Waals surface area contributed by atoms with Crippen LogP contribution in [0.25, 0.3) is 10.8 Å². The largest absolute Gasteiger partial charge is 0.493 e. The summed E-state index contributed by atoms with van der Waals surface area (Å²) in [4.78, 5) is 14.4. The van der Waals surface area contributed by atoms with Crippen molar-refractivity contribution in [2.45, 2.75) is 24.1 Å². The monoisotopic (exact) mass is 446 g/mol. The zero-order chi connectivity index (χ0) is 21.7. The van der Waals surface area contributed by atoms with Crippen molar-refractivity contribution < 1.29 is 17.9 Å². The third-order valence-corrected chi connectivity index (χ3v) is 7.97. The predicted octanol–water partition coefficient (Wildman–Crippen LogP) is 3.97. The van der Waals surface area contributed by atoms with Crippen molar-refractivity contribution in [3.05, 3.63) is 59.5 Å². The summed E-state index contributed by atoms with van der Waals surface area (Å²) in [6.07, 6.45) is 0.881. The molecule has 8 heteroatoms. The third kappa shape index (κ3) is 4.83. The lowest BCUT2D eigenvalue weighted by atomic mass is 10.0. The van der Waals surface area contributed by atoms with Gasteiger partial charge in [-0.2, -0.15) is 4.31 Å². The second-order valence-corrected chi connectivity index (χ2v) is 10.3. The molecular weight excluding hydrogens is 420 g/mol. The van der Waals surface area contributed by atoms with Crippen molar-refractivity contribution in [1.82, 2.24) is 9.21 Å². The fraction of sp³-hybridized carbons (Fsp3) is 0.318. The summed E-state index contributed by atoms with van der Waals surface area (Å²) in [6.45, 7) is 2.73. The number of hydrogen-bond donors (Lipinski definition) is 0. The second-order valence-electron chi connectivity index (χ2n) is 7.05. The zero-order valence-electron chi connectivity index (χ0n) is 17.4. The van der Waals surface area contributed by atoms with E-state index in [-0.39, 0.29) is 16.7 Å². The Morgan fingerprint density at radius 3 is 2.53 bits per heavy atom. The van der Waals surface area contributed by atoms with Crippen molar-refractivity contribution in [2.75, 3.05) is 27.2 Å². The van der Waals surface area contributed by atoms with Gasteiger partial charge in [0.2, 0.25) is 5.91 Å². The Morgan fingerprint density at radius 2 is 1.83 bits per heavy atom. The summed E-state index contributed by atoms with van der Waals surface area (Å²) >= 11 is 1.14. The summed E-state index contributed by atoms with van der Waals surface area (Å²) in [5.41, 5.74) is 0.918. The van der Waals surface area contributed by atoms with Crippen molar-refractivity contribution in [1.29, 1.82) is 0 Å². The van der Waals surface area contributed by atoms with E-state index in [1.807, 2.05) is 43.3 Å². The summed E-state index contributed by atoms with van der Waals surface area (Å²) in [5, 5.41) is 3.78. The number of fused-ring (bicyclic) bond motifs is 1. The number of amides is 1. The Morgan fingerprint density at radius 1 is 1.07 bits per heavy atom. The van der Waals surface area contributed by atoms with Gasteiger partial charge in [0.15, 0.2) is 0 Å². The average molecular weight is 447 g/mol. The van der Waals surface area contributed by atoms with Crippen LogP contribution < -0.4 is 4.74 Å². The molecule has 0 saturated heterocycles. The van der Waals surface area contributed by atoms with E-state index in [1.54, 1.807) is 23.4 Å². The Labute approximate surface area is 181 Å². The van der Waals surface area contributed by atoms with Gasteiger partial charge in [0.25, 0.3) is 10.0 Å². The van der Waals surface area contributed by atoms with Crippen LogP contribution >= 0.6 is 11.3 Å². The van der Waals surface area contributed by atoms with Crippen molar-refractivity contribution >= 4 is 38.0 Å². The lowest BCUT2D eigenvalue weighted by Gasteiger charge is -2.23. The maximum Gasteiger partial charge on any atom is 0.252 e. The second kappa shape index (κ2) is 9.59. The Hall–Kier alpha value is -2.42. The first-order chi connectivity index (χ1) is 14.3. The van der Waals surface area contributed by atoms with Crippen LogP contribution in [-0.2, 0) is 21.4 Å². The number of carbonyl (C=O) groups excluding carboxylic acids is 1. The van der Waals surface area contributed by atoms with Crippen molar-refractivity contribution in [3.8, 4) is 5.75 Å². The molecule has 1 amide bonds. The van der Waals surface area contributed by atoms with Gasteiger partial charge < -0.3 is 9.64 Å². The molecule has 0 bridgehead atoms. The smallest absolute Gasteiger partial charge is 0.252 e. The van der Waals surface area contributed by atoms with Gasteiger partial charge in [-0.1, -0.05) is 43.3 Å². The summed E-state index contributed by atoms with van der Waals surface area (Å²) in [7, 11) is -0.567. The number of ether oxygens (including phenoxy) is 1. The van der Waals surface area contributed by atoms with Gasteiger partial charge in [0.05, 0.1) is 13.2 Å². The summed E-state index contributed by atoms with van der Waals surface area (Å²) < 4.78 is 32.4. The minimum atomic E-state index is -3.67. The van der Waals surface area contributed by atoms with Crippen LogP contribution in [0.3, 0.4) is 0 Å². The first-order valence-corrected chi connectivity index (χ1v) is 12.0. The van der Waals surface area contributed by atoms with Gasteiger partial charge in [-0.15, -0.1) is 11.3 Å². The summed E-state index contributed by atoms with van der Waals surface area (Å²) in [5.74, 6) is 0.460. The molecule has 0 atom stereocenters. The van der Waals surface area contributed by atoms with Crippen LogP contribution in [0, 0.1) is 0 Å². The van der Waals surface area contributed by atoms with Gasteiger partial charge in [0, 0.05) is 26.2 Å². The lowest BCUT2D eigenvalue weighted by molar-refractivity contribution is -0.130. The Bertz CT molecular complexity index is 1110. The quantitative estimate of drug-likeness (QED) is 0.499. The molecule has 160 valence electrons. The van der Waals surface area contributed by atoms with Crippen LogP contribution in [0.1, 0.15) is 18.9 Å². The molecule has 0 N–H and O–H groups in total. The predicted molar refractivity (Wildman–Crippen MR) is 120 cm³/mol. The molecule has 30 heavy (non-hydrogen) atoms. The number of likely N-dealkylation sites (N-methyl/N-ethyl adjacent to an activating group) is 2. The maximum absolute atomic E-state index is 12.8. The fourth-order valence-electron chi connectivity index (χ4n) is 3.11. The highest BCUT2D eigenvalue weighted by atomic mass is 32.2. The number of sulfonamides is 1. The maximum atomic E-state index is 12.8. The number of carbonyl (C=O) groups is 1. The molecule has 0 unspecified atom stereocenters. The molecule has 3 rings (SSSR count). The molecule has 6 nitrogen and oxygen atoms in total. The molecular formula is C22H26N2O4S2. The van der Waals surface area contributed by atoms with E-state index in [0.29, 0.717) is 13.2 Å². The van der Waals surface area contributed by atoms with Crippen LogP contribution in [0.15, 0.2) is 58.1 Å². The highest BCUT2D eigenvalue weighted by Crippen LogP contribution is 2.29. The van der Waals surface area contributed by atoms with Gasteiger partial charge in [-0.05, 0) is 34.7 Å². The standard InChI is InChI=1S/C22H26N2O4S2/c1-4-13-28-20-12-11-17-8-5-6-9-18(17)19(20)15-23(2)21(25)16-24(3)30(26,27)22-10-7-14-29-22/h5-12,14H,4,13,15-16H2,1-3H3. The minimum absolute atomic E-state index is 0.227. The number of nitrogens with zero attached hydrogens (tertiary/aromatic N) is 2. The van der Waals surface area contributed by atoms with Gasteiger partial charge in [-0.25, -0.2) is 8.42 Å². The van der Waals surface area contributed by atoms with Crippen molar-refractivity contribution in [3.63, 3.8) is 0 Å². The fourth-order valence-corrected chi connectivity index (χ4v) is 5.43. The summed E-state index contributed by atoms with van der Waals surface area (Å²) in [6, 6.07) is 15.1. The van der Waals surface area contributed by atoms with E-state index < -0.39 is 10.0 Å². The molecule has 0 saturated carbocycles. The molecule has 0 aliphatic rings. The molecule has 1 aromatic heterocycles. The number of hydrogen-bond acceptors (Lipinski definition) is 5. The third-order valence-electron chi connectivity index (χ3n) is 4.80. The molecule has 2 aromatic carbocycles. The molecule has 0 fully saturated rings. The van der Waals surface area contributed by atoms with E-state index in [0.717, 1.165) is 44.1 Å². The first kappa shape index (κ1) is 22.3. The Balaban J connectivity index is 1.80. The number of thiophene rings is 1. The average Bonchev–Trinajstić information content (AvgIpc) is 3.28. The van der Waals surface area contributed by atoms with E-state index in [2.05, 4.69) is 0 Å². The lowest BCUT2D eigenvalue weighted by Crippen LogP contribution is -2.39. The minimum Gasteiger partial charge on any atom is -0.493 e. The van der Waals surface area contributed by atoms with E-state index >= 15 is 0 Å². The topological polar surface area (TPSA) is 66.9 Å². The highest BCUT2D eigenvalue weighted by Gasteiger charge is 2.25. The van der Waals surface area contributed by atoms with Crippen LogP contribution in [0.4, 0.5) is 0 Å². The van der Waals surface area contributed by atoms with Gasteiger partial charge in [-0.3, -0.25) is 4.79 Å². The molecule has 0 radical (unpaired) electrons. The van der Waals surface area contributed by atoms with Gasteiger partial charge >= 0.3 is 0 Å². The molecule has 0 aliphatic heterocycles. The molecule has 1 heterocycles. The zero-order valence-corrected chi connectivity index (χ0v) is 19.0. The highest BCUT2D eigenvalue weighted by molar-refractivity contribution is 7.91. The van der Waals surface area contributed by atoms with E-state index in [9.17, 15) is 13.2 Å². The molecule has 0 aliphatic carbocycles. The molecule has 0 spiro atoms. The van der Waals surface area contributed by atoms with E-state index in [1.165, 1.54) is 13.1 Å². The SMILES string of the molecule is CCCOc1ccc2ccccc2c1CN(C)C(=O)CN(C)S(=O)(=O)c1cccs1. The Kier molecular flexibility index (Phi) is 7.12. The van der Waals surface area contributed by atoms with Crippen LogP contribution in [-0.4, -0.2) is 50.8 Å². The van der Waals surface area contributed by atoms with E-state index in [4.69, 9.17) is 4.74 Å². The van der Waals surface area contributed by atoms with Crippen LogP contribution in [0.5, 0.6) is 5.75 Å². The van der Waals surface area contributed by atoms with Crippen molar-refractivity contribution in [2.24, 2.45) is 0 Å². The normalized spacial score (nSPS) is 11.7. The van der Waals surface area contributed by atoms with Crippen LogP contribution in [0.2, 0.25) is 0 Å². The molecule has 3 aromatic rings. The van der Waals surface area contributed by atoms with Gasteiger partial charge in [0.1, 0.15) is 9.96 Å². The number of benzene rings is 2. The first-order valence-electron chi connectivity index (χ1n) is 9.71.